The van der Waals surface area contributed by atoms with Gasteiger partial charge < -0.3 is 10.2 Å². The van der Waals surface area contributed by atoms with Gasteiger partial charge in [-0.2, -0.15) is 13.2 Å². The lowest BCUT2D eigenvalue weighted by molar-refractivity contribution is -0.137. The molecule has 1 amide bonds. The zero-order valence-corrected chi connectivity index (χ0v) is 13.3. The SMILES string of the molecule is O=C(Nc1cccnc1)[C@@H]1CCCN(c2ncccc2C(F)(F)F)C1. The van der Waals surface area contributed by atoms with Crippen LogP contribution in [-0.2, 0) is 11.0 Å². The van der Waals surface area contributed by atoms with Crippen LogP contribution in [0.15, 0.2) is 42.9 Å². The van der Waals surface area contributed by atoms with Gasteiger partial charge in [-0.25, -0.2) is 4.98 Å². The Labute approximate surface area is 142 Å². The third-order valence-corrected chi connectivity index (χ3v) is 4.11. The fourth-order valence-electron chi connectivity index (χ4n) is 2.93. The maximum absolute atomic E-state index is 13.2. The molecular formula is C17H17F3N4O. The minimum Gasteiger partial charge on any atom is -0.355 e. The Morgan fingerprint density at radius 3 is 2.76 bits per heavy atom. The quantitative estimate of drug-likeness (QED) is 0.922. The molecule has 0 aromatic carbocycles. The lowest BCUT2D eigenvalue weighted by Gasteiger charge is -2.34. The van der Waals surface area contributed by atoms with E-state index in [0.29, 0.717) is 25.1 Å². The van der Waals surface area contributed by atoms with Gasteiger partial charge in [-0.05, 0) is 37.1 Å². The van der Waals surface area contributed by atoms with Crippen LogP contribution in [0, 0.1) is 5.92 Å². The predicted octanol–water partition coefficient (Wildman–Crippen LogP) is 3.35. The van der Waals surface area contributed by atoms with E-state index in [0.717, 1.165) is 6.07 Å². The van der Waals surface area contributed by atoms with Crippen LogP contribution >= 0.6 is 0 Å². The first-order valence-corrected chi connectivity index (χ1v) is 7.93. The summed E-state index contributed by atoms with van der Waals surface area (Å²) in [6.07, 6.45) is 1.23. The van der Waals surface area contributed by atoms with Crippen molar-refractivity contribution < 1.29 is 18.0 Å². The minimum absolute atomic E-state index is 0.117. The highest BCUT2D eigenvalue weighted by Gasteiger charge is 2.37. The number of carbonyl (C=O) groups excluding carboxylic acids is 1. The Kier molecular flexibility index (Phi) is 4.87. The third-order valence-electron chi connectivity index (χ3n) is 4.11. The lowest BCUT2D eigenvalue weighted by Crippen LogP contribution is -2.42. The summed E-state index contributed by atoms with van der Waals surface area (Å²) in [5.74, 6) is -0.742. The molecule has 5 nitrogen and oxygen atoms in total. The van der Waals surface area contributed by atoms with Crippen LogP contribution in [0.2, 0.25) is 0 Å². The maximum atomic E-state index is 13.2. The number of halogens is 3. The van der Waals surface area contributed by atoms with Gasteiger partial charge in [0, 0.05) is 25.5 Å². The van der Waals surface area contributed by atoms with Gasteiger partial charge in [-0.15, -0.1) is 0 Å². The third kappa shape index (κ3) is 4.07. The summed E-state index contributed by atoms with van der Waals surface area (Å²) in [7, 11) is 0. The van der Waals surface area contributed by atoms with Gasteiger partial charge >= 0.3 is 6.18 Å². The van der Waals surface area contributed by atoms with Crippen molar-refractivity contribution in [1.29, 1.82) is 0 Å². The second-order valence-electron chi connectivity index (χ2n) is 5.89. The molecule has 2 aromatic heterocycles. The zero-order chi connectivity index (χ0) is 17.9. The molecule has 2 aromatic rings. The van der Waals surface area contributed by atoms with Crippen LogP contribution in [-0.4, -0.2) is 29.0 Å². The van der Waals surface area contributed by atoms with E-state index in [4.69, 9.17) is 0 Å². The molecule has 0 aliphatic carbocycles. The molecule has 1 atom stereocenters. The van der Waals surface area contributed by atoms with Crippen molar-refractivity contribution in [3.8, 4) is 0 Å². The first kappa shape index (κ1) is 17.2. The van der Waals surface area contributed by atoms with Crippen LogP contribution in [0.3, 0.4) is 0 Å². The molecule has 1 fully saturated rings. The Morgan fingerprint density at radius 1 is 1.24 bits per heavy atom. The van der Waals surface area contributed by atoms with Crippen molar-refractivity contribution in [1.82, 2.24) is 9.97 Å². The number of amides is 1. The number of carbonyl (C=O) groups is 1. The van der Waals surface area contributed by atoms with Crippen LogP contribution < -0.4 is 10.2 Å². The summed E-state index contributed by atoms with van der Waals surface area (Å²) in [5.41, 5.74) is -0.207. The fourth-order valence-corrected chi connectivity index (χ4v) is 2.93. The predicted molar refractivity (Wildman–Crippen MR) is 87.0 cm³/mol. The zero-order valence-electron chi connectivity index (χ0n) is 13.3. The number of anilines is 2. The smallest absolute Gasteiger partial charge is 0.355 e. The molecule has 0 spiro atoms. The van der Waals surface area contributed by atoms with Crippen molar-refractivity contribution >= 4 is 17.4 Å². The summed E-state index contributed by atoms with van der Waals surface area (Å²) in [4.78, 5) is 21.8. The Hall–Kier alpha value is -2.64. The van der Waals surface area contributed by atoms with Crippen molar-refractivity contribution in [3.63, 3.8) is 0 Å². The molecule has 1 aliphatic rings. The second-order valence-corrected chi connectivity index (χ2v) is 5.89. The van der Waals surface area contributed by atoms with E-state index < -0.39 is 17.7 Å². The van der Waals surface area contributed by atoms with Crippen LogP contribution in [0.5, 0.6) is 0 Å². The van der Waals surface area contributed by atoms with E-state index in [1.54, 1.807) is 23.2 Å². The topological polar surface area (TPSA) is 58.1 Å². The molecule has 1 aliphatic heterocycles. The van der Waals surface area contributed by atoms with Gasteiger partial charge in [-0.1, -0.05) is 0 Å². The van der Waals surface area contributed by atoms with Crippen LogP contribution in [0.4, 0.5) is 24.7 Å². The number of pyridine rings is 2. The van der Waals surface area contributed by atoms with E-state index in [1.807, 2.05) is 0 Å². The van der Waals surface area contributed by atoms with Crippen LogP contribution in [0.25, 0.3) is 0 Å². The number of nitrogens with zero attached hydrogens (tertiary/aromatic N) is 3. The Balaban J connectivity index is 1.75. The molecule has 0 bridgehead atoms. The summed E-state index contributed by atoms with van der Waals surface area (Å²) < 4.78 is 39.6. The van der Waals surface area contributed by atoms with Crippen molar-refractivity contribution in [3.05, 3.63) is 48.4 Å². The molecule has 25 heavy (non-hydrogen) atoms. The Bertz CT molecular complexity index is 736. The van der Waals surface area contributed by atoms with Crippen molar-refractivity contribution in [2.24, 2.45) is 5.92 Å². The molecule has 3 heterocycles. The normalized spacial score (nSPS) is 18.0. The molecule has 0 saturated carbocycles. The first-order valence-electron chi connectivity index (χ1n) is 7.93. The number of nitrogens with one attached hydrogen (secondary N) is 1. The summed E-state index contributed by atoms with van der Waals surface area (Å²) in [6.45, 7) is 0.642. The van der Waals surface area contributed by atoms with Gasteiger partial charge in [-0.3, -0.25) is 9.78 Å². The molecular weight excluding hydrogens is 333 g/mol. The fraction of sp³-hybridized carbons (Fsp3) is 0.353. The first-order chi connectivity index (χ1) is 11.9. The Morgan fingerprint density at radius 2 is 2.04 bits per heavy atom. The summed E-state index contributed by atoms with van der Waals surface area (Å²) in [6, 6.07) is 5.70. The number of hydrogen-bond acceptors (Lipinski definition) is 4. The molecule has 8 heteroatoms. The van der Waals surface area contributed by atoms with Crippen molar-refractivity contribution in [2.45, 2.75) is 19.0 Å². The largest absolute Gasteiger partial charge is 0.419 e. The number of rotatable bonds is 3. The van der Waals surface area contributed by atoms with E-state index >= 15 is 0 Å². The minimum atomic E-state index is -4.48. The average molecular weight is 350 g/mol. The van der Waals surface area contributed by atoms with E-state index in [2.05, 4.69) is 15.3 Å². The monoisotopic (exact) mass is 350 g/mol. The van der Waals surface area contributed by atoms with Gasteiger partial charge in [0.2, 0.25) is 5.91 Å². The summed E-state index contributed by atoms with van der Waals surface area (Å²) in [5, 5.41) is 2.76. The molecule has 132 valence electrons. The maximum Gasteiger partial charge on any atom is 0.419 e. The highest BCUT2D eigenvalue weighted by molar-refractivity contribution is 5.92. The van der Waals surface area contributed by atoms with Gasteiger partial charge in [0.1, 0.15) is 5.82 Å². The highest BCUT2D eigenvalue weighted by Crippen LogP contribution is 2.36. The summed E-state index contributed by atoms with van der Waals surface area (Å²) >= 11 is 0. The highest BCUT2D eigenvalue weighted by atomic mass is 19.4. The van der Waals surface area contributed by atoms with E-state index in [9.17, 15) is 18.0 Å². The van der Waals surface area contributed by atoms with Gasteiger partial charge in [0.05, 0.1) is 23.4 Å². The molecule has 0 radical (unpaired) electrons. The van der Waals surface area contributed by atoms with E-state index in [-0.39, 0.29) is 18.3 Å². The average Bonchev–Trinajstić information content (AvgIpc) is 2.62. The molecule has 1 N–H and O–H groups in total. The number of piperidine rings is 1. The standard InChI is InChI=1S/C17H17F3N4O/c18-17(19,20)14-6-2-8-22-15(14)24-9-3-4-12(11-24)16(25)23-13-5-1-7-21-10-13/h1-2,5-8,10,12H,3-4,9,11H2,(H,23,25)/t12-/m1/s1. The van der Waals surface area contributed by atoms with Gasteiger partial charge in [0.15, 0.2) is 0 Å². The van der Waals surface area contributed by atoms with Crippen LogP contribution in [0.1, 0.15) is 18.4 Å². The van der Waals surface area contributed by atoms with E-state index in [1.165, 1.54) is 18.5 Å². The second kappa shape index (κ2) is 7.08. The molecule has 1 saturated heterocycles. The number of aromatic nitrogens is 2. The number of alkyl halides is 3. The lowest BCUT2D eigenvalue weighted by atomic mass is 9.96. The number of hydrogen-bond donors (Lipinski definition) is 1. The van der Waals surface area contributed by atoms with Gasteiger partial charge in [0.25, 0.3) is 0 Å². The van der Waals surface area contributed by atoms with Crippen molar-refractivity contribution in [2.75, 3.05) is 23.3 Å². The molecule has 0 unspecified atom stereocenters. The molecule has 3 rings (SSSR count).